The van der Waals surface area contributed by atoms with Crippen LogP contribution < -0.4 is 5.32 Å². The lowest BCUT2D eigenvalue weighted by atomic mass is 10.0. The topological polar surface area (TPSA) is 59.3 Å². The molecule has 0 fully saturated rings. The molecule has 5 nitrogen and oxygen atoms in total. The van der Waals surface area contributed by atoms with Gasteiger partial charge in [-0.2, -0.15) is 0 Å². The maximum Gasteiger partial charge on any atom is 0.257 e. The van der Waals surface area contributed by atoms with Crippen LogP contribution in [0.15, 0.2) is 79.3 Å². The highest BCUT2D eigenvalue weighted by Crippen LogP contribution is 2.30. The number of nitrogens with zero attached hydrogens (tertiary/aromatic N) is 3. The molecule has 8 heteroatoms. The Kier molecular flexibility index (Phi) is 5.33. The normalized spacial score (nSPS) is 11.1. The van der Waals surface area contributed by atoms with Crippen LogP contribution in [0.1, 0.15) is 16.1 Å². The van der Waals surface area contributed by atoms with Crippen LogP contribution in [0.5, 0.6) is 0 Å². The molecule has 0 saturated heterocycles. The summed E-state index contributed by atoms with van der Waals surface area (Å²) < 4.78 is 43.0. The summed E-state index contributed by atoms with van der Waals surface area (Å²) in [5, 5.41) is 2.74. The van der Waals surface area contributed by atoms with Crippen molar-refractivity contribution in [3.63, 3.8) is 0 Å². The molecule has 0 aliphatic rings. The van der Waals surface area contributed by atoms with Crippen molar-refractivity contribution < 1.29 is 18.0 Å². The number of nitrogens with one attached hydrogen (secondary N) is 1. The van der Waals surface area contributed by atoms with Crippen LogP contribution in [0.3, 0.4) is 0 Å². The summed E-state index contributed by atoms with van der Waals surface area (Å²) in [7, 11) is 0. The lowest BCUT2D eigenvalue weighted by molar-refractivity contribution is 0.102. The third-order valence-corrected chi connectivity index (χ3v) is 5.51. The van der Waals surface area contributed by atoms with Gasteiger partial charge in [0.05, 0.1) is 28.5 Å². The van der Waals surface area contributed by atoms with E-state index in [2.05, 4.69) is 15.3 Å². The summed E-state index contributed by atoms with van der Waals surface area (Å²) in [4.78, 5) is 21.6. The number of benzene rings is 2. The molecule has 0 unspecified atom stereocenters. The summed E-state index contributed by atoms with van der Waals surface area (Å²) >= 11 is 0. The molecule has 5 rings (SSSR count). The maximum absolute atomic E-state index is 14.4. The predicted molar refractivity (Wildman–Crippen MR) is 123 cm³/mol. The van der Waals surface area contributed by atoms with E-state index >= 15 is 0 Å². The molecule has 1 N–H and O–H groups in total. The van der Waals surface area contributed by atoms with Crippen molar-refractivity contribution >= 4 is 17.1 Å². The van der Waals surface area contributed by atoms with Crippen LogP contribution in [0.2, 0.25) is 0 Å². The number of fused-ring (bicyclic) bond motifs is 1. The van der Waals surface area contributed by atoms with Crippen molar-refractivity contribution in [3.05, 3.63) is 108 Å². The van der Waals surface area contributed by atoms with Gasteiger partial charge in [0, 0.05) is 29.2 Å². The first-order valence-corrected chi connectivity index (χ1v) is 10.4. The lowest BCUT2D eigenvalue weighted by Crippen LogP contribution is -2.14. The fourth-order valence-corrected chi connectivity index (χ4v) is 3.78. The zero-order valence-electron chi connectivity index (χ0n) is 17.9. The van der Waals surface area contributed by atoms with E-state index in [1.807, 2.05) is 6.07 Å². The first kappa shape index (κ1) is 21.4. The Hall–Kier alpha value is -4.46. The fourth-order valence-electron chi connectivity index (χ4n) is 3.78. The van der Waals surface area contributed by atoms with Gasteiger partial charge in [0.25, 0.3) is 5.91 Å². The fraction of sp³-hybridized carbons (Fsp3) is 0.0385. The number of pyridine rings is 2. The second-order valence-electron chi connectivity index (χ2n) is 7.68. The van der Waals surface area contributed by atoms with Crippen LogP contribution in [-0.4, -0.2) is 20.3 Å². The van der Waals surface area contributed by atoms with Crippen LogP contribution >= 0.6 is 0 Å². The summed E-state index contributed by atoms with van der Waals surface area (Å²) in [6, 6.07) is 14.7. The van der Waals surface area contributed by atoms with Crippen molar-refractivity contribution in [2.75, 3.05) is 5.32 Å². The van der Waals surface area contributed by atoms with Gasteiger partial charge < -0.3 is 5.32 Å². The molecule has 34 heavy (non-hydrogen) atoms. The Bertz CT molecular complexity index is 1540. The van der Waals surface area contributed by atoms with E-state index in [1.165, 1.54) is 36.4 Å². The molecule has 5 aromatic rings. The van der Waals surface area contributed by atoms with Gasteiger partial charge in [-0.1, -0.05) is 12.1 Å². The highest BCUT2D eigenvalue weighted by molar-refractivity contribution is 6.05. The first-order valence-electron chi connectivity index (χ1n) is 10.4. The standard InChI is InChI=1S/C26H17F3N4O/c1-15-21(26(34)32-18-9-7-17(27)8-10-18)12-16(13-30-15)19-5-3-11-33-23(19)14-31-25(33)20-4-2-6-22(28)24(20)29/h2-14H,1H3,(H,32,34). The molecule has 1 amide bonds. The Morgan fingerprint density at radius 3 is 2.47 bits per heavy atom. The quantitative estimate of drug-likeness (QED) is 0.357. The van der Waals surface area contributed by atoms with Gasteiger partial charge in [-0.15, -0.1) is 0 Å². The molecule has 3 aromatic heterocycles. The third-order valence-electron chi connectivity index (χ3n) is 5.51. The highest BCUT2D eigenvalue weighted by atomic mass is 19.2. The number of amides is 1. The summed E-state index contributed by atoms with van der Waals surface area (Å²) in [5.74, 6) is -2.46. The minimum Gasteiger partial charge on any atom is -0.322 e. The highest BCUT2D eigenvalue weighted by Gasteiger charge is 2.18. The smallest absolute Gasteiger partial charge is 0.257 e. The predicted octanol–water partition coefficient (Wildman–Crippen LogP) is 6.04. The summed E-state index contributed by atoms with van der Waals surface area (Å²) in [6.45, 7) is 1.72. The minimum atomic E-state index is -0.975. The number of hydrogen-bond acceptors (Lipinski definition) is 3. The molecular weight excluding hydrogens is 441 g/mol. The van der Waals surface area contributed by atoms with E-state index < -0.39 is 17.5 Å². The van der Waals surface area contributed by atoms with E-state index in [9.17, 15) is 18.0 Å². The van der Waals surface area contributed by atoms with Crippen molar-refractivity contribution in [2.24, 2.45) is 0 Å². The summed E-state index contributed by atoms with van der Waals surface area (Å²) in [6.07, 6.45) is 4.90. The molecule has 0 saturated carbocycles. The minimum absolute atomic E-state index is 0.0403. The van der Waals surface area contributed by atoms with Crippen molar-refractivity contribution in [3.8, 4) is 22.5 Å². The largest absolute Gasteiger partial charge is 0.322 e. The Labute approximate surface area is 192 Å². The molecular formula is C26H17F3N4O. The Morgan fingerprint density at radius 1 is 0.912 bits per heavy atom. The van der Waals surface area contributed by atoms with Crippen LogP contribution in [-0.2, 0) is 0 Å². The monoisotopic (exact) mass is 458 g/mol. The lowest BCUT2D eigenvalue weighted by Gasteiger charge is -2.11. The molecule has 0 atom stereocenters. The first-order chi connectivity index (χ1) is 16.4. The van der Waals surface area contributed by atoms with E-state index in [4.69, 9.17) is 0 Å². The number of aromatic nitrogens is 3. The van der Waals surface area contributed by atoms with E-state index in [-0.39, 0.29) is 17.3 Å². The molecule has 2 aromatic carbocycles. The molecule has 0 radical (unpaired) electrons. The van der Waals surface area contributed by atoms with Gasteiger partial charge in [-0.05, 0) is 55.5 Å². The van der Waals surface area contributed by atoms with Crippen LogP contribution in [0.25, 0.3) is 28.0 Å². The Morgan fingerprint density at radius 2 is 1.68 bits per heavy atom. The number of anilines is 1. The van der Waals surface area contributed by atoms with Crippen LogP contribution in [0, 0.1) is 24.4 Å². The molecule has 0 aliphatic heterocycles. The zero-order chi connectivity index (χ0) is 23.8. The number of carbonyl (C=O) groups excluding carboxylic acids is 1. The second kappa shape index (κ2) is 8.47. The van der Waals surface area contributed by atoms with Crippen molar-refractivity contribution in [1.82, 2.24) is 14.4 Å². The van der Waals surface area contributed by atoms with Gasteiger partial charge in [-0.3, -0.25) is 14.2 Å². The second-order valence-corrected chi connectivity index (χ2v) is 7.68. The number of rotatable bonds is 4. The van der Waals surface area contributed by atoms with Crippen molar-refractivity contribution in [2.45, 2.75) is 6.92 Å². The number of halogens is 3. The van der Waals surface area contributed by atoms with E-state index in [0.717, 1.165) is 6.07 Å². The third kappa shape index (κ3) is 3.79. The average molecular weight is 458 g/mol. The number of carbonyl (C=O) groups is 1. The van der Waals surface area contributed by atoms with E-state index in [1.54, 1.807) is 42.0 Å². The Balaban J connectivity index is 1.55. The number of imidazole rings is 1. The van der Waals surface area contributed by atoms with Crippen molar-refractivity contribution in [1.29, 1.82) is 0 Å². The molecule has 168 valence electrons. The van der Waals surface area contributed by atoms with Gasteiger partial charge >= 0.3 is 0 Å². The van der Waals surface area contributed by atoms with E-state index in [0.29, 0.717) is 33.6 Å². The maximum atomic E-state index is 14.4. The van der Waals surface area contributed by atoms with Gasteiger partial charge in [0.1, 0.15) is 11.6 Å². The van der Waals surface area contributed by atoms with Gasteiger partial charge in [0.2, 0.25) is 0 Å². The molecule has 0 aliphatic carbocycles. The SMILES string of the molecule is Cc1ncc(-c2cccn3c(-c4cccc(F)c4F)ncc23)cc1C(=O)Nc1ccc(F)cc1. The van der Waals surface area contributed by atoms with Gasteiger partial charge in [0.15, 0.2) is 11.6 Å². The number of hydrogen-bond donors (Lipinski definition) is 1. The average Bonchev–Trinajstić information content (AvgIpc) is 3.27. The molecule has 0 spiro atoms. The van der Waals surface area contributed by atoms with Gasteiger partial charge in [-0.25, -0.2) is 18.2 Å². The molecule has 3 heterocycles. The zero-order valence-corrected chi connectivity index (χ0v) is 17.9. The van der Waals surface area contributed by atoms with Crippen LogP contribution in [0.4, 0.5) is 18.9 Å². The molecule has 0 bridgehead atoms. The summed E-state index contributed by atoms with van der Waals surface area (Å²) in [5.41, 5.74) is 3.35. The number of aryl methyl sites for hydroxylation is 1.